The largest absolute Gasteiger partial charge is 0.399 e. The Kier molecular flexibility index (Phi) is 5.89. The lowest BCUT2D eigenvalue weighted by molar-refractivity contribution is -0.891. The van der Waals surface area contributed by atoms with Gasteiger partial charge in [0.25, 0.3) is 0 Å². The van der Waals surface area contributed by atoms with E-state index < -0.39 is 0 Å². The number of nitrogens with one attached hydrogen (secondary N) is 1. The summed E-state index contributed by atoms with van der Waals surface area (Å²) in [6, 6.07) is 14.4. The van der Waals surface area contributed by atoms with Crippen LogP contribution in [0.1, 0.15) is 5.56 Å². The number of rotatable bonds is 5. The fourth-order valence-corrected chi connectivity index (χ4v) is 3.29. The molecule has 4 nitrogen and oxygen atoms in total. The lowest BCUT2D eigenvalue weighted by atomic mass is 10.1. The summed E-state index contributed by atoms with van der Waals surface area (Å²) < 4.78 is 13.1. The first-order chi connectivity index (χ1) is 12.2. The third-order valence-electron chi connectivity index (χ3n) is 4.44. The van der Waals surface area contributed by atoms with Crippen LogP contribution in [0.2, 0.25) is 5.02 Å². The van der Waals surface area contributed by atoms with Crippen molar-refractivity contribution >= 4 is 23.0 Å². The predicted molar refractivity (Wildman–Crippen MR) is 99.2 cm³/mol. The topological polar surface area (TPSA) is 29.3 Å². The van der Waals surface area contributed by atoms with E-state index in [1.165, 1.54) is 24.1 Å². The maximum atomic E-state index is 13.1. The van der Waals surface area contributed by atoms with Crippen molar-refractivity contribution in [3.63, 3.8) is 0 Å². The second kappa shape index (κ2) is 8.32. The van der Waals surface area contributed by atoms with Gasteiger partial charge >= 0.3 is 0 Å². The first-order valence-electron chi connectivity index (χ1n) is 8.36. The number of hydrogen-bond donors (Lipinski definition) is 1. The van der Waals surface area contributed by atoms with E-state index in [4.69, 9.17) is 16.4 Å². The van der Waals surface area contributed by atoms with Crippen LogP contribution in [-0.2, 0) is 4.84 Å². The Balaban J connectivity index is 1.62. The molecule has 0 aliphatic carbocycles. The molecule has 0 unspecified atom stereocenters. The molecule has 1 saturated heterocycles. The monoisotopic (exact) mass is 362 g/mol. The van der Waals surface area contributed by atoms with Gasteiger partial charge in [0.1, 0.15) is 25.2 Å². The van der Waals surface area contributed by atoms with Gasteiger partial charge in [0.05, 0.1) is 26.2 Å². The van der Waals surface area contributed by atoms with Gasteiger partial charge in [-0.1, -0.05) is 22.8 Å². The summed E-state index contributed by atoms with van der Waals surface area (Å²) in [5.41, 5.74) is 2.90. The molecule has 1 heterocycles. The summed E-state index contributed by atoms with van der Waals surface area (Å²) in [5.74, 6) is -0.247. The molecule has 0 radical (unpaired) electrons. The van der Waals surface area contributed by atoms with Gasteiger partial charge in [-0.05, 0) is 42.5 Å². The van der Waals surface area contributed by atoms with Crippen molar-refractivity contribution in [2.75, 3.05) is 44.7 Å². The molecule has 132 valence electrons. The normalized spacial score (nSPS) is 16.1. The lowest BCUT2D eigenvalue weighted by Crippen LogP contribution is -3.15. The maximum Gasteiger partial charge on any atom is 0.141 e. The third kappa shape index (κ3) is 4.71. The number of benzene rings is 2. The fourth-order valence-electron chi connectivity index (χ4n) is 3.11. The number of hydrogen-bond acceptors (Lipinski definition) is 3. The predicted octanol–water partition coefficient (Wildman–Crippen LogP) is 2.23. The quantitative estimate of drug-likeness (QED) is 0.653. The SMILES string of the molecule is CO/N=C(\C[NH+]1CCN(c2cccc(Cl)c2)CC1)c1ccc(F)cc1. The number of nitrogens with zero attached hydrogens (tertiary/aromatic N) is 2. The molecule has 0 saturated carbocycles. The molecule has 25 heavy (non-hydrogen) atoms. The Morgan fingerprint density at radius 3 is 2.56 bits per heavy atom. The van der Waals surface area contributed by atoms with Crippen molar-refractivity contribution in [3.05, 3.63) is 64.9 Å². The molecule has 0 spiro atoms. The maximum absolute atomic E-state index is 13.1. The summed E-state index contributed by atoms with van der Waals surface area (Å²) in [4.78, 5) is 8.77. The Morgan fingerprint density at radius 2 is 1.92 bits per heavy atom. The van der Waals surface area contributed by atoms with E-state index in [1.807, 2.05) is 18.2 Å². The summed E-state index contributed by atoms with van der Waals surface area (Å²) in [6.45, 7) is 4.66. The highest BCUT2D eigenvalue weighted by Gasteiger charge is 2.22. The Labute approximate surface area is 152 Å². The number of quaternary nitrogens is 1. The molecule has 1 aliphatic rings. The van der Waals surface area contributed by atoms with E-state index in [2.05, 4.69) is 16.1 Å². The molecular weight excluding hydrogens is 341 g/mol. The zero-order chi connectivity index (χ0) is 17.6. The van der Waals surface area contributed by atoms with Crippen molar-refractivity contribution < 1.29 is 14.1 Å². The molecule has 2 aromatic carbocycles. The van der Waals surface area contributed by atoms with Crippen LogP contribution in [-0.4, -0.2) is 45.5 Å². The van der Waals surface area contributed by atoms with Gasteiger partial charge in [-0.15, -0.1) is 0 Å². The van der Waals surface area contributed by atoms with Crippen LogP contribution < -0.4 is 9.80 Å². The van der Waals surface area contributed by atoms with Gasteiger partial charge in [-0.3, -0.25) is 0 Å². The van der Waals surface area contributed by atoms with Crippen molar-refractivity contribution in [2.24, 2.45) is 5.16 Å². The number of piperazine rings is 1. The van der Waals surface area contributed by atoms with E-state index in [9.17, 15) is 4.39 Å². The molecular formula is C19H22ClFN3O+. The summed E-state index contributed by atoms with van der Waals surface area (Å²) in [6.07, 6.45) is 0. The molecule has 0 amide bonds. The molecule has 0 atom stereocenters. The average molecular weight is 363 g/mol. The van der Waals surface area contributed by atoms with E-state index in [0.717, 1.165) is 54.7 Å². The number of halogens is 2. The smallest absolute Gasteiger partial charge is 0.141 e. The van der Waals surface area contributed by atoms with Crippen LogP contribution in [0.3, 0.4) is 0 Å². The van der Waals surface area contributed by atoms with Crippen LogP contribution in [0.25, 0.3) is 0 Å². The summed E-state index contributed by atoms with van der Waals surface area (Å²) >= 11 is 6.09. The van der Waals surface area contributed by atoms with Gasteiger partial charge < -0.3 is 14.6 Å². The minimum absolute atomic E-state index is 0.247. The second-order valence-corrected chi connectivity index (χ2v) is 6.56. The standard InChI is InChI=1S/C19H21ClFN3O/c1-25-22-19(15-5-7-17(21)8-6-15)14-23-9-11-24(12-10-23)18-4-2-3-16(20)13-18/h2-8,13H,9-12,14H2,1H3/p+1/b22-19+. The van der Waals surface area contributed by atoms with Crippen molar-refractivity contribution in [1.29, 1.82) is 0 Å². The van der Waals surface area contributed by atoms with Crippen LogP contribution in [0, 0.1) is 5.82 Å². The number of anilines is 1. The van der Waals surface area contributed by atoms with Gasteiger partial charge in [-0.2, -0.15) is 0 Å². The molecule has 1 N–H and O–H groups in total. The molecule has 1 aliphatic heterocycles. The van der Waals surface area contributed by atoms with Crippen molar-refractivity contribution in [3.8, 4) is 0 Å². The molecule has 6 heteroatoms. The van der Waals surface area contributed by atoms with Gasteiger partial charge in [0.2, 0.25) is 0 Å². The minimum Gasteiger partial charge on any atom is -0.399 e. The lowest BCUT2D eigenvalue weighted by Gasteiger charge is -2.33. The molecule has 0 aromatic heterocycles. The van der Waals surface area contributed by atoms with Crippen molar-refractivity contribution in [1.82, 2.24) is 0 Å². The zero-order valence-corrected chi connectivity index (χ0v) is 15.0. The Bertz CT molecular complexity index is 728. The van der Waals surface area contributed by atoms with Crippen LogP contribution >= 0.6 is 11.6 Å². The van der Waals surface area contributed by atoms with E-state index >= 15 is 0 Å². The van der Waals surface area contributed by atoms with Gasteiger partial charge in [0, 0.05) is 16.3 Å². The molecule has 0 bridgehead atoms. The van der Waals surface area contributed by atoms with E-state index in [0.29, 0.717) is 0 Å². The fraction of sp³-hybridized carbons (Fsp3) is 0.316. The Morgan fingerprint density at radius 1 is 1.20 bits per heavy atom. The number of oxime groups is 1. The second-order valence-electron chi connectivity index (χ2n) is 6.12. The first-order valence-corrected chi connectivity index (χ1v) is 8.73. The van der Waals surface area contributed by atoms with E-state index in [1.54, 1.807) is 12.1 Å². The molecule has 2 aromatic rings. The van der Waals surface area contributed by atoms with E-state index in [-0.39, 0.29) is 5.82 Å². The first kappa shape index (κ1) is 17.7. The summed E-state index contributed by atoms with van der Waals surface area (Å²) in [7, 11) is 1.54. The highest BCUT2D eigenvalue weighted by Crippen LogP contribution is 2.19. The third-order valence-corrected chi connectivity index (χ3v) is 4.68. The van der Waals surface area contributed by atoms with Crippen molar-refractivity contribution in [2.45, 2.75) is 0 Å². The van der Waals surface area contributed by atoms with Gasteiger partial charge in [0.15, 0.2) is 0 Å². The zero-order valence-electron chi connectivity index (χ0n) is 14.2. The Hall–Kier alpha value is -2.11. The summed E-state index contributed by atoms with van der Waals surface area (Å²) in [5, 5.41) is 4.91. The minimum atomic E-state index is -0.247. The highest BCUT2D eigenvalue weighted by atomic mass is 35.5. The molecule has 1 fully saturated rings. The van der Waals surface area contributed by atoms with Crippen LogP contribution in [0.15, 0.2) is 53.7 Å². The van der Waals surface area contributed by atoms with Gasteiger partial charge in [-0.25, -0.2) is 4.39 Å². The highest BCUT2D eigenvalue weighted by molar-refractivity contribution is 6.30. The van der Waals surface area contributed by atoms with Crippen LogP contribution in [0.4, 0.5) is 10.1 Å². The molecule has 3 rings (SSSR count). The average Bonchev–Trinajstić information content (AvgIpc) is 2.63. The van der Waals surface area contributed by atoms with Crippen LogP contribution in [0.5, 0.6) is 0 Å².